The van der Waals surface area contributed by atoms with Gasteiger partial charge in [-0.2, -0.15) is 5.10 Å². The number of aliphatic hydroxyl groups is 1. The molecular weight excluding hydrogens is 208 g/mol. The molecule has 4 N–H and O–H groups in total. The number of nitrogens with two attached hydrogens (primary N) is 1. The van der Waals surface area contributed by atoms with E-state index in [0.29, 0.717) is 23.5 Å². The van der Waals surface area contributed by atoms with Gasteiger partial charge in [-0.3, -0.25) is 9.48 Å². The first-order chi connectivity index (χ1) is 7.51. The van der Waals surface area contributed by atoms with Gasteiger partial charge >= 0.3 is 0 Å². The molecule has 0 unspecified atom stereocenters. The second kappa shape index (κ2) is 4.98. The van der Waals surface area contributed by atoms with E-state index >= 15 is 0 Å². The van der Waals surface area contributed by atoms with Gasteiger partial charge in [0.05, 0.1) is 18.0 Å². The Morgan fingerprint density at radius 3 is 2.75 bits per heavy atom. The molecule has 0 fully saturated rings. The van der Waals surface area contributed by atoms with Gasteiger partial charge in [0.25, 0.3) is 5.91 Å². The van der Waals surface area contributed by atoms with E-state index in [9.17, 15) is 4.79 Å². The Bertz CT molecular complexity index is 386. The molecule has 6 nitrogen and oxygen atoms in total. The van der Waals surface area contributed by atoms with Gasteiger partial charge in [0, 0.05) is 13.1 Å². The number of amides is 1. The monoisotopic (exact) mass is 226 g/mol. The number of hydrogen-bond acceptors (Lipinski definition) is 4. The maximum absolute atomic E-state index is 11.8. The van der Waals surface area contributed by atoms with Gasteiger partial charge in [-0.1, -0.05) is 6.92 Å². The minimum Gasteiger partial charge on any atom is -0.395 e. The third kappa shape index (κ3) is 2.33. The topological polar surface area (TPSA) is 93.2 Å². The molecule has 0 aliphatic heterocycles. The molecule has 0 aliphatic carbocycles. The molecule has 0 saturated carbocycles. The quantitative estimate of drug-likeness (QED) is 0.655. The molecule has 1 aromatic heterocycles. The zero-order valence-electron chi connectivity index (χ0n) is 9.82. The molecular formula is C10H18N4O2. The van der Waals surface area contributed by atoms with Crippen LogP contribution >= 0.6 is 0 Å². The molecule has 0 radical (unpaired) electrons. The molecule has 1 atom stereocenters. The van der Waals surface area contributed by atoms with E-state index in [-0.39, 0.29) is 18.6 Å². The van der Waals surface area contributed by atoms with Crippen molar-refractivity contribution in [3.8, 4) is 0 Å². The standard InChI is InChI=1S/C10H18N4O2/c1-4-7-8(11)9(14(3)13-7)10(16)12-6(2)5-15/h6,15H,4-5,11H2,1-3H3,(H,12,16)/t6-/m1/s1. The normalized spacial score (nSPS) is 12.5. The van der Waals surface area contributed by atoms with Gasteiger partial charge in [0.15, 0.2) is 0 Å². The second-order valence-electron chi connectivity index (χ2n) is 3.74. The molecule has 0 spiro atoms. The van der Waals surface area contributed by atoms with Crippen LogP contribution in [0.25, 0.3) is 0 Å². The van der Waals surface area contributed by atoms with Crippen molar-refractivity contribution in [2.45, 2.75) is 26.3 Å². The zero-order valence-corrected chi connectivity index (χ0v) is 9.82. The number of aromatic nitrogens is 2. The minimum atomic E-state index is -0.311. The highest BCUT2D eigenvalue weighted by molar-refractivity contribution is 5.98. The van der Waals surface area contributed by atoms with Crippen LogP contribution in [0, 0.1) is 0 Å². The van der Waals surface area contributed by atoms with Crippen molar-refractivity contribution >= 4 is 11.6 Å². The van der Waals surface area contributed by atoms with Crippen molar-refractivity contribution in [3.05, 3.63) is 11.4 Å². The summed E-state index contributed by atoms with van der Waals surface area (Å²) in [4.78, 5) is 11.8. The number of nitrogens with zero attached hydrogens (tertiary/aromatic N) is 2. The highest BCUT2D eigenvalue weighted by Crippen LogP contribution is 2.16. The number of carbonyl (C=O) groups is 1. The predicted octanol–water partition coefficient (Wildman–Crippen LogP) is -0.325. The number of anilines is 1. The number of aryl methyl sites for hydroxylation is 2. The number of carbonyl (C=O) groups excluding carboxylic acids is 1. The van der Waals surface area contributed by atoms with Crippen molar-refractivity contribution < 1.29 is 9.90 Å². The fourth-order valence-electron chi connectivity index (χ4n) is 1.46. The molecule has 0 bridgehead atoms. The lowest BCUT2D eigenvalue weighted by molar-refractivity contribution is 0.0913. The van der Waals surface area contributed by atoms with Crippen molar-refractivity contribution in [1.29, 1.82) is 0 Å². The largest absolute Gasteiger partial charge is 0.395 e. The first-order valence-corrected chi connectivity index (χ1v) is 5.24. The fraction of sp³-hybridized carbons (Fsp3) is 0.600. The third-order valence-electron chi connectivity index (χ3n) is 2.36. The summed E-state index contributed by atoms with van der Waals surface area (Å²) >= 11 is 0. The van der Waals surface area contributed by atoms with Gasteiger partial charge < -0.3 is 16.2 Å². The van der Waals surface area contributed by atoms with Crippen LogP contribution in [0.2, 0.25) is 0 Å². The average Bonchev–Trinajstić information content (AvgIpc) is 2.53. The lowest BCUT2D eigenvalue weighted by atomic mass is 10.2. The SMILES string of the molecule is CCc1nn(C)c(C(=O)N[C@H](C)CO)c1N. The summed E-state index contributed by atoms with van der Waals surface area (Å²) in [6.07, 6.45) is 0.683. The molecule has 0 aliphatic rings. The zero-order chi connectivity index (χ0) is 12.3. The van der Waals surface area contributed by atoms with Crippen LogP contribution in [0.3, 0.4) is 0 Å². The van der Waals surface area contributed by atoms with Crippen LogP contribution in [-0.2, 0) is 13.5 Å². The average molecular weight is 226 g/mol. The first-order valence-electron chi connectivity index (χ1n) is 5.24. The lowest BCUT2D eigenvalue weighted by Crippen LogP contribution is -2.36. The maximum atomic E-state index is 11.8. The first kappa shape index (κ1) is 12.5. The fourth-order valence-corrected chi connectivity index (χ4v) is 1.46. The van der Waals surface area contributed by atoms with Crippen molar-refractivity contribution in [3.63, 3.8) is 0 Å². The Labute approximate surface area is 94.4 Å². The van der Waals surface area contributed by atoms with Gasteiger partial charge in [-0.25, -0.2) is 0 Å². The van der Waals surface area contributed by atoms with Crippen LogP contribution in [0.15, 0.2) is 0 Å². The summed E-state index contributed by atoms with van der Waals surface area (Å²) in [5.74, 6) is -0.311. The number of nitrogen functional groups attached to an aromatic ring is 1. The molecule has 1 aromatic rings. The Kier molecular flexibility index (Phi) is 3.89. The van der Waals surface area contributed by atoms with E-state index in [1.807, 2.05) is 6.92 Å². The highest BCUT2D eigenvalue weighted by atomic mass is 16.3. The smallest absolute Gasteiger partial charge is 0.271 e. The Morgan fingerprint density at radius 1 is 1.69 bits per heavy atom. The summed E-state index contributed by atoms with van der Waals surface area (Å²) < 4.78 is 1.47. The van der Waals surface area contributed by atoms with E-state index in [2.05, 4.69) is 10.4 Å². The molecule has 1 rings (SSSR count). The number of hydrogen-bond donors (Lipinski definition) is 3. The van der Waals surface area contributed by atoms with Gasteiger partial charge in [0.1, 0.15) is 5.69 Å². The summed E-state index contributed by atoms with van der Waals surface area (Å²) in [6.45, 7) is 3.53. The maximum Gasteiger partial charge on any atom is 0.271 e. The molecule has 1 amide bonds. The van der Waals surface area contributed by atoms with Crippen LogP contribution in [-0.4, -0.2) is 33.4 Å². The summed E-state index contributed by atoms with van der Waals surface area (Å²) in [7, 11) is 1.67. The molecule has 6 heteroatoms. The van der Waals surface area contributed by atoms with Crippen LogP contribution in [0.1, 0.15) is 30.0 Å². The third-order valence-corrected chi connectivity index (χ3v) is 2.36. The Morgan fingerprint density at radius 2 is 2.31 bits per heavy atom. The van der Waals surface area contributed by atoms with Crippen LogP contribution in [0.5, 0.6) is 0 Å². The summed E-state index contributed by atoms with van der Waals surface area (Å²) in [5.41, 5.74) is 7.29. The van der Waals surface area contributed by atoms with Gasteiger partial charge in [-0.05, 0) is 13.3 Å². The lowest BCUT2D eigenvalue weighted by Gasteiger charge is -2.11. The molecule has 16 heavy (non-hydrogen) atoms. The summed E-state index contributed by atoms with van der Waals surface area (Å²) in [6, 6.07) is -0.299. The van der Waals surface area contributed by atoms with Gasteiger partial charge in [0.2, 0.25) is 0 Å². The number of rotatable bonds is 4. The Balaban J connectivity index is 2.95. The van der Waals surface area contributed by atoms with E-state index < -0.39 is 0 Å². The van der Waals surface area contributed by atoms with Crippen molar-refractivity contribution in [1.82, 2.24) is 15.1 Å². The van der Waals surface area contributed by atoms with E-state index in [1.165, 1.54) is 4.68 Å². The van der Waals surface area contributed by atoms with E-state index in [4.69, 9.17) is 10.8 Å². The molecule has 1 heterocycles. The highest BCUT2D eigenvalue weighted by Gasteiger charge is 2.19. The molecule has 90 valence electrons. The van der Waals surface area contributed by atoms with Crippen molar-refractivity contribution in [2.75, 3.05) is 12.3 Å². The van der Waals surface area contributed by atoms with E-state index in [1.54, 1.807) is 14.0 Å². The minimum absolute atomic E-state index is 0.107. The van der Waals surface area contributed by atoms with Crippen molar-refractivity contribution in [2.24, 2.45) is 7.05 Å². The number of nitrogens with one attached hydrogen (secondary N) is 1. The van der Waals surface area contributed by atoms with Crippen LogP contribution < -0.4 is 11.1 Å². The molecule has 0 saturated heterocycles. The summed E-state index contributed by atoms with van der Waals surface area (Å²) in [5, 5.41) is 15.6. The van der Waals surface area contributed by atoms with Gasteiger partial charge in [-0.15, -0.1) is 0 Å². The predicted molar refractivity (Wildman–Crippen MR) is 61.0 cm³/mol. The number of aliphatic hydroxyl groups excluding tert-OH is 1. The van der Waals surface area contributed by atoms with Crippen LogP contribution in [0.4, 0.5) is 5.69 Å². The molecule has 0 aromatic carbocycles. The van der Waals surface area contributed by atoms with E-state index in [0.717, 1.165) is 0 Å². The Hall–Kier alpha value is -1.56. The second-order valence-corrected chi connectivity index (χ2v) is 3.74.